The van der Waals surface area contributed by atoms with Gasteiger partial charge in [0.1, 0.15) is 6.07 Å². The van der Waals surface area contributed by atoms with Gasteiger partial charge in [-0.25, -0.2) is 4.79 Å². The number of nitrogens with zero attached hydrogens (tertiary/aromatic N) is 1. The van der Waals surface area contributed by atoms with E-state index in [1.54, 1.807) is 6.07 Å². The van der Waals surface area contributed by atoms with Gasteiger partial charge in [-0.3, -0.25) is 0 Å². The van der Waals surface area contributed by atoms with Gasteiger partial charge in [-0.1, -0.05) is 0 Å². The number of carbonyl (C=O) groups excluding carboxylic acids is 1. The minimum Gasteiger partial charge on any atom is -0.462 e. The van der Waals surface area contributed by atoms with Crippen molar-refractivity contribution in [1.82, 2.24) is 0 Å². The lowest BCUT2D eigenvalue weighted by molar-refractivity contribution is -0.0328. The molecule has 0 aromatic heterocycles. The molecule has 0 atom stereocenters. The van der Waals surface area contributed by atoms with Crippen LogP contribution in [0.15, 0.2) is 21.9 Å². The van der Waals surface area contributed by atoms with Crippen molar-refractivity contribution in [2.45, 2.75) is 22.2 Å². The minimum atomic E-state index is -4.55. The zero-order valence-corrected chi connectivity index (χ0v) is 11.3. The lowest BCUT2D eigenvalue weighted by Crippen LogP contribution is -2.10. The highest BCUT2D eigenvalue weighted by atomic mass is 32.2. The Morgan fingerprint density at radius 1 is 1.53 bits per heavy atom. The largest absolute Gasteiger partial charge is 0.462 e. The van der Waals surface area contributed by atoms with Crippen LogP contribution in [0.25, 0.3) is 0 Å². The number of benzene rings is 1. The molecule has 0 unspecified atom stereocenters. The van der Waals surface area contributed by atoms with Crippen LogP contribution in [0.2, 0.25) is 0 Å². The fourth-order valence-electron chi connectivity index (χ4n) is 1.27. The Kier molecular flexibility index (Phi) is 5.14. The summed E-state index contributed by atoms with van der Waals surface area (Å²) in [5.74, 6) is -0.934. The van der Waals surface area contributed by atoms with Crippen LogP contribution in [-0.4, -0.2) is 18.1 Å². The molecule has 0 spiro atoms. The Hall–Kier alpha value is -1.33. The van der Waals surface area contributed by atoms with Crippen molar-refractivity contribution >= 4 is 30.4 Å². The van der Waals surface area contributed by atoms with Gasteiger partial charge >= 0.3 is 11.5 Å². The molecule has 0 N–H and O–H groups in total. The quantitative estimate of drug-likeness (QED) is 0.526. The maximum Gasteiger partial charge on any atom is 0.446 e. The Balaban J connectivity index is 3.35. The van der Waals surface area contributed by atoms with Crippen LogP contribution in [0.1, 0.15) is 22.8 Å². The van der Waals surface area contributed by atoms with E-state index >= 15 is 0 Å². The van der Waals surface area contributed by atoms with Gasteiger partial charge < -0.3 is 4.74 Å². The van der Waals surface area contributed by atoms with E-state index in [2.05, 4.69) is 17.4 Å². The van der Waals surface area contributed by atoms with Crippen molar-refractivity contribution in [3.8, 4) is 6.07 Å². The Labute approximate surface area is 117 Å². The number of ether oxygens (including phenoxy) is 1. The number of esters is 1. The molecule has 19 heavy (non-hydrogen) atoms. The summed E-state index contributed by atoms with van der Waals surface area (Å²) in [6.45, 7) is 1.54. The lowest BCUT2D eigenvalue weighted by atomic mass is 10.1. The van der Waals surface area contributed by atoms with Gasteiger partial charge in [0.2, 0.25) is 0 Å². The molecule has 0 radical (unpaired) electrons. The molecule has 0 aliphatic heterocycles. The number of halogens is 3. The topological polar surface area (TPSA) is 50.1 Å². The van der Waals surface area contributed by atoms with E-state index in [9.17, 15) is 18.0 Å². The van der Waals surface area contributed by atoms with Gasteiger partial charge in [0, 0.05) is 9.79 Å². The van der Waals surface area contributed by atoms with E-state index in [4.69, 9.17) is 5.26 Å². The molecule has 3 nitrogen and oxygen atoms in total. The summed E-state index contributed by atoms with van der Waals surface area (Å²) < 4.78 is 41.9. The molecule has 0 heterocycles. The second kappa shape index (κ2) is 6.21. The highest BCUT2D eigenvalue weighted by Gasteiger charge is 2.32. The molecule has 0 amide bonds. The number of thioether (sulfide) groups is 1. The van der Waals surface area contributed by atoms with Crippen LogP contribution >= 0.6 is 24.4 Å². The molecule has 0 aliphatic rings. The third-order valence-corrected chi connectivity index (χ3v) is 3.22. The van der Waals surface area contributed by atoms with Gasteiger partial charge in [-0.15, -0.1) is 12.6 Å². The number of alkyl halides is 3. The molecule has 102 valence electrons. The predicted molar refractivity (Wildman–Crippen MR) is 66.3 cm³/mol. The van der Waals surface area contributed by atoms with E-state index in [1.807, 2.05) is 0 Å². The standard InChI is InChI=1S/C11H8F3NO2S2/c1-2-17-10(16)8-7(19-11(12,13)14)4-3-6(5-15)9(8)18/h3-4,18H,2H2,1H3. The van der Waals surface area contributed by atoms with Crippen LogP contribution < -0.4 is 0 Å². The minimum absolute atomic E-state index is 0.0120. The summed E-state index contributed by atoms with van der Waals surface area (Å²) in [6, 6.07) is 3.99. The third-order valence-electron chi connectivity index (χ3n) is 1.97. The fourth-order valence-corrected chi connectivity index (χ4v) is 2.36. The SMILES string of the molecule is CCOC(=O)c1c(SC(F)(F)F)ccc(C#N)c1S. The summed E-state index contributed by atoms with van der Waals surface area (Å²) in [5, 5.41) is 8.80. The second-order valence-corrected chi connectivity index (χ2v) is 4.77. The van der Waals surface area contributed by atoms with Crippen molar-refractivity contribution in [2.75, 3.05) is 6.61 Å². The highest BCUT2D eigenvalue weighted by Crippen LogP contribution is 2.40. The van der Waals surface area contributed by atoms with Gasteiger partial charge in [-0.2, -0.15) is 18.4 Å². The maximum atomic E-state index is 12.4. The number of rotatable bonds is 3. The number of nitriles is 1. The molecule has 1 aromatic rings. The maximum absolute atomic E-state index is 12.4. The first kappa shape index (κ1) is 15.7. The Morgan fingerprint density at radius 2 is 2.16 bits per heavy atom. The summed E-state index contributed by atoms with van der Waals surface area (Å²) >= 11 is 3.49. The average Bonchev–Trinajstić information content (AvgIpc) is 2.27. The molecule has 1 aromatic carbocycles. The smallest absolute Gasteiger partial charge is 0.446 e. The molecule has 0 aliphatic carbocycles. The van der Waals surface area contributed by atoms with Crippen molar-refractivity contribution in [2.24, 2.45) is 0 Å². The van der Waals surface area contributed by atoms with E-state index in [0.29, 0.717) is 0 Å². The van der Waals surface area contributed by atoms with E-state index < -0.39 is 23.2 Å². The molecule has 0 saturated heterocycles. The van der Waals surface area contributed by atoms with E-state index in [1.165, 1.54) is 13.0 Å². The van der Waals surface area contributed by atoms with Crippen LogP contribution in [0.5, 0.6) is 0 Å². The van der Waals surface area contributed by atoms with Crippen molar-refractivity contribution < 1.29 is 22.7 Å². The second-order valence-electron chi connectivity index (χ2n) is 3.21. The molecule has 0 fully saturated rings. The van der Waals surface area contributed by atoms with E-state index in [-0.39, 0.29) is 27.5 Å². The fraction of sp³-hybridized carbons (Fsp3) is 0.273. The molecular formula is C11H8F3NO2S2. The van der Waals surface area contributed by atoms with Gasteiger partial charge in [0.25, 0.3) is 0 Å². The molecule has 0 bridgehead atoms. The third kappa shape index (κ3) is 4.08. The first-order chi connectivity index (χ1) is 8.80. The number of thiol groups is 1. The molecule has 1 rings (SSSR count). The van der Waals surface area contributed by atoms with Crippen molar-refractivity contribution in [1.29, 1.82) is 5.26 Å². The number of hydrogen-bond acceptors (Lipinski definition) is 5. The summed E-state index contributed by atoms with van der Waals surface area (Å²) in [4.78, 5) is 11.2. The van der Waals surface area contributed by atoms with Crippen molar-refractivity contribution in [3.63, 3.8) is 0 Å². The number of carbonyl (C=O) groups is 1. The zero-order valence-electron chi connectivity index (χ0n) is 9.61. The monoisotopic (exact) mass is 307 g/mol. The zero-order chi connectivity index (χ0) is 14.6. The van der Waals surface area contributed by atoms with Crippen LogP contribution in [0.4, 0.5) is 13.2 Å². The van der Waals surface area contributed by atoms with Crippen molar-refractivity contribution in [3.05, 3.63) is 23.3 Å². The van der Waals surface area contributed by atoms with Gasteiger partial charge in [0.05, 0.1) is 17.7 Å². The predicted octanol–water partition coefficient (Wildman–Crippen LogP) is 3.64. The molecular weight excluding hydrogens is 299 g/mol. The van der Waals surface area contributed by atoms with E-state index in [0.717, 1.165) is 6.07 Å². The van der Waals surface area contributed by atoms with Crippen LogP contribution in [0, 0.1) is 11.3 Å². The molecule has 0 saturated carbocycles. The average molecular weight is 307 g/mol. The van der Waals surface area contributed by atoms with Crippen LogP contribution in [-0.2, 0) is 4.74 Å². The highest BCUT2D eigenvalue weighted by molar-refractivity contribution is 8.00. The van der Waals surface area contributed by atoms with Gasteiger partial charge in [0.15, 0.2) is 0 Å². The first-order valence-corrected chi connectivity index (χ1v) is 6.25. The Bertz CT molecular complexity index is 538. The van der Waals surface area contributed by atoms with Crippen LogP contribution in [0.3, 0.4) is 0 Å². The number of hydrogen-bond donors (Lipinski definition) is 1. The molecule has 8 heteroatoms. The van der Waals surface area contributed by atoms with Gasteiger partial charge in [-0.05, 0) is 30.8 Å². The summed E-state index contributed by atoms with van der Waals surface area (Å²) in [5.41, 5.74) is -4.88. The summed E-state index contributed by atoms with van der Waals surface area (Å²) in [7, 11) is 0. The Morgan fingerprint density at radius 3 is 2.63 bits per heavy atom. The summed E-state index contributed by atoms with van der Waals surface area (Å²) in [6.07, 6.45) is 0. The first-order valence-electron chi connectivity index (χ1n) is 4.99. The lowest BCUT2D eigenvalue weighted by Gasteiger charge is -2.13. The normalized spacial score (nSPS) is 10.9.